The Morgan fingerprint density at radius 3 is 2.90 bits per heavy atom. The van der Waals surface area contributed by atoms with Crippen LogP contribution in [0.1, 0.15) is 70.8 Å². The number of hydrogen-bond acceptors (Lipinski definition) is 7. The molecule has 0 saturated carbocycles. The molecule has 0 bridgehead atoms. The van der Waals surface area contributed by atoms with Gasteiger partial charge in [-0.05, 0) is 50.2 Å². The molecule has 4 heterocycles. The van der Waals surface area contributed by atoms with Crippen molar-refractivity contribution in [2.45, 2.75) is 51.4 Å². The van der Waals surface area contributed by atoms with Crippen LogP contribution in [0.4, 0.5) is 11.5 Å². The number of likely N-dealkylation sites (tertiary alicyclic amines) is 1. The van der Waals surface area contributed by atoms with Crippen LogP contribution < -0.4 is 5.73 Å². The lowest BCUT2D eigenvalue weighted by Gasteiger charge is -2.32. The number of carbonyl (C=O) groups excluding carboxylic acids is 2. The average Bonchev–Trinajstić information content (AvgIpc) is 3.15. The first kappa shape index (κ1) is 21.2. The van der Waals surface area contributed by atoms with Crippen molar-refractivity contribution in [3.63, 3.8) is 0 Å². The number of aliphatic imine (C=N–C) groups is 1. The van der Waals surface area contributed by atoms with E-state index in [4.69, 9.17) is 11.0 Å². The predicted molar refractivity (Wildman–Crippen MR) is 121 cm³/mol. The normalized spacial score (nSPS) is 16.6. The van der Waals surface area contributed by atoms with Crippen LogP contribution >= 0.6 is 11.3 Å². The molecule has 2 aliphatic rings. The zero-order valence-corrected chi connectivity index (χ0v) is 18.4. The Morgan fingerprint density at radius 2 is 2.16 bits per heavy atom. The van der Waals surface area contributed by atoms with Gasteiger partial charge in [0.05, 0.1) is 16.8 Å². The summed E-state index contributed by atoms with van der Waals surface area (Å²) < 4.78 is 0. The third-order valence-corrected chi connectivity index (χ3v) is 7.01. The topological polar surface area (TPSA) is 112 Å². The molecule has 1 fully saturated rings. The van der Waals surface area contributed by atoms with Crippen molar-refractivity contribution in [2.24, 2.45) is 4.99 Å². The van der Waals surface area contributed by atoms with Gasteiger partial charge in [-0.2, -0.15) is 5.26 Å². The Kier molecular flexibility index (Phi) is 6.14. The van der Waals surface area contributed by atoms with E-state index in [0.29, 0.717) is 44.3 Å². The molecule has 0 spiro atoms. The molecular weight excluding hydrogens is 410 g/mol. The molecule has 2 N–H and O–H groups in total. The Bertz CT molecular complexity index is 1090. The summed E-state index contributed by atoms with van der Waals surface area (Å²) in [6.07, 6.45) is 5.66. The first-order chi connectivity index (χ1) is 15.0. The van der Waals surface area contributed by atoms with E-state index in [9.17, 15) is 9.59 Å². The van der Waals surface area contributed by atoms with E-state index in [0.717, 1.165) is 40.2 Å². The van der Waals surface area contributed by atoms with Crippen LogP contribution in [-0.2, 0) is 4.79 Å². The molecule has 1 amide bonds. The van der Waals surface area contributed by atoms with Crippen LogP contribution in [0.15, 0.2) is 22.6 Å². The lowest BCUT2D eigenvalue weighted by Crippen LogP contribution is -2.37. The number of carbonyl (C=O) groups is 2. The van der Waals surface area contributed by atoms with Crippen molar-refractivity contribution in [2.75, 3.05) is 18.8 Å². The fraction of sp³-hybridized carbons (Fsp3) is 0.435. The molecule has 4 rings (SSSR count). The fourth-order valence-electron chi connectivity index (χ4n) is 4.28. The second kappa shape index (κ2) is 8.98. The molecule has 1 saturated heterocycles. The smallest absolute Gasteiger partial charge is 0.222 e. The molecule has 0 aromatic carbocycles. The van der Waals surface area contributed by atoms with Gasteiger partial charge < -0.3 is 10.6 Å². The summed E-state index contributed by atoms with van der Waals surface area (Å²) in [7, 11) is 0. The quantitative estimate of drug-likeness (QED) is 0.758. The number of ketones is 1. The second-order valence-corrected chi connectivity index (χ2v) is 9.24. The number of aromatic nitrogens is 1. The van der Waals surface area contributed by atoms with Crippen molar-refractivity contribution < 1.29 is 9.59 Å². The van der Waals surface area contributed by atoms with E-state index in [2.05, 4.69) is 16.0 Å². The Labute approximate surface area is 185 Å². The summed E-state index contributed by atoms with van der Waals surface area (Å²) in [5, 5.41) is 11.0. The van der Waals surface area contributed by atoms with E-state index in [1.807, 2.05) is 23.3 Å². The SMILES string of the molecule is Cc1scc2c1N=C(CCCC(=O)N1CCC(c3cnc(N)c(C#N)c3)CC1)CC2=O. The Morgan fingerprint density at radius 1 is 1.39 bits per heavy atom. The number of fused-ring (bicyclic) bond motifs is 1. The van der Waals surface area contributed by atoms with Crippen LogP contribution in [0, 0.1) is 18.3 Å². The number of piperidine rings is 1. The number of Topliss-reactive ketones (excluding diaryl/α,β-unsaturated/α-hetero) is 1. The molecule has 0 aliphatic carbocycles. The molecule has 7 nitrogen and oxygen atoms in total. The third kappa shape index (κ3) is 4.52. The number of nitrogens with zero attached hydrogens (tertiary/aromatic N) is 4. The maximum Gasteiger partial charge on any atom is 0.222 e. The van der Waals surface area contributed by atoms with Gasteiger partial charge in [0.1, 0.15) is 11.9 Å². The van der Waals surface area contributed by atoms with Crippen molar-refractivity contribution in [1.82, 2.24) is 9.88 Å². The van der Waals surface area contributed by atoms with Crippen molar-refractivity contribution >= 4 is 40.2 Å². The van der Waals surface area contributed by atoms with Gasteiger partial charge in [-0.25, -0.2) is 4.98 Å². The van der Waals surface area contributed by atoms with Gasteiger partial charge in [-0.15, -0.1) is 11.3 Å². The highest BCUT2D eigenvalue weighted by Gasteiger charge is 2.25. The number of hydrogen-bond donors (Lipinski definition) is 1. The van der Waals surface area contributed by atoms with Crippen molar-refractivity contribution in [1.29, 1.82) is 5.26 Å². The maximum absolute atomic E-state index is 12.7. The molecule has 2 aliphatic heterocycles. The van der Waals surface area contributed by atoms with E-state index in [1.165, 1.54) is 0 Å². The number of thiophene rings is 1. The Balaban J connectivity index is 1.27. The molecule has 160 valence electrons. The first-order valence-electron chi connectivity index (χ1n) is 10.6. The summed E-state index contributed by atoms with van der Waals surface area (Å²) in [4.78, 5) is 36.7. The van der Waals surface area contributed by atoms with Gasteiger partial charge in [-0.3, -0.25) is 14.6 Å². The number of nitrogens with two attached hydrogens (primary N) is 1. The van der Waals surface area contributed by atoms with Gasteiger partial charge in [0.25, 0.3) is 0 Å². The number of pyridine rings is 1. The van der Waals surface area contributed by atoms with Gasteiger partial charge in [0.15, 0.2) is 5.78 Å². The first-order valence-corrected chi connectivity index (χ1v) is 11.4. The van der Waals surface area contributed by atoms with Gasteiger partial charge in [0.2, 0.25) is 5.91 Å². The summed E-state index contributed by atoms with van der Waals surface area (Å²) in [5.74, 6) is 0.833. The largest absolute Gasteiger partial charge is 0.383 e. The number of rotatable bonds is 5. The highest BCUT2D eigenvalue weighted by atomic mass is 32.1. The highest BCUT2D eigenvalue weighted by Crippen LogP contribution is 2.35. The molecule has 0 unspecified atom stereocenters. The molecule has 0 radical (unpaired) electrons. The summed E-state index contributed by atoms with van der Waals surface area (Å²) in [6.45, 7) is 3.39. The molecule has 2 aromatic rings. The number of nitriles is 1. The van der Waals surface area contributed by atoms with Gasteiger partial charge in [-0.1, -0.05) is 0 Å². The number of aryl methyl sites for hydroxylation is 1. The minimum Gasteiger partial charge on any atom is -0.383 e. The third-order valence-electron chi connectivity index (χ3n) is 6.11. The average molecular weight is 436 g/mol. The Hall–Kier alpha value is -3.05. The molecule has 8 heteroatoms. The summed E-state index contributed by atoms with van der Waals surface area (Å²) in [6, 6.07) is 3.90. The number of anilines is 1. The van der Waals surface area contributed by atoms with E-state index < -0.39 is 0 Å². The fourth-order valence-corrected chi connectivity index (χ4v) is 5.08. The van der Waals surface area contributed by atoms with Gasteiger partial charge >= 0.3 is 0 Å². The van der Waals surface area contributed by atoms with Crippen LogP contribution in [0.5, 0.6) is 0 Å². The minimum absolute atomic E-state index is 0.134. The standard InChI is InChI=1S/C23H25N5O2S/c1-14-22-19(13-31-14)20(29)10-18(27-22)3-2-4-21(30)28-7-5-15(6-8-28)17-9-16(11-24)23(25)26-12-17/h9,12-13,15H,2-8,10H2,1H3,(H2,25,26). The minimum atomic E-state index is 0.134. The summed E-state index contributed by atoms with van der Waals surface area (Å²) >= 11 is 1.56. The van der Waals surface area contributed by atoms with Crippen LogP contribution in [-0.4, -0.2) is 40.4 Å². The molecule has 2 aromatic heterocycles. The van der Waals surface area contributed by atoms with Crippen LogP contribution in [0.25, 0.3) is 0 Å². The number of amides is 1. The van der Waals surface area contributed by atoms with E-state index in [1.54, 1.807) is 17.5 Å². The molecular formula is C23H25N5O2S. The number of nitrogen functional groups attached to an aromatic ring is 1. The van der Waals surface area contributed by atoms with Crippen molar-refractivity contribution in [3.8, 4) is 6.07 Å². The lowest BCUT2D eigenvalue weighted by molar-refractivity contribution is -0.132. The summed E-state index contributed by atoms with van der Waals surface area (Å²) in [5.41, 5.74) is 9.58. The van der Waals surface area contributed by atoms with E-state index >= 15 is 0 Å². The lowest BCUT2D eigenvalue weighted by atomic mass is 9.89. The molecule has 31 heavy (non-hydrogen) atoms. The predicted octanol–water partition coefficient (Wildman–Crippen LogP) is 4.14. The van der Waals surface area contributed by atoms with Gasteiger partial charge in [0, 0.05) is 48.1 Å². The van der Waals surface area contributed by atoms with Crippen LogP contribution in [0.3, 0.4) is 0 Å². The van der Waals surface area contributed by atoms with Crippen LogP contribution in [0.2, 0.25) is 0 Å². The second-order valence-electron chi connectivity index (χ2n) is 8.15. The van der Waals surface area contributed by atoms with E-state index in [-0.39, 0.29) is 23.4 Å². The highest BCUT2D eigenvalue weighted by molar-refractivity contribution is 7.10. The molecule has 0 atom stereocenters. The van der Waals surface area contributed by atoms with Crippen molar-refractivity contribution in [3.05, 3.63) is 39.2 Å². The zero-order valence-electron chi connectivity index (χ0n) is 17.6. The monoisotopic (exact) mass is 435 g/mol. The zero-order chi connectivity index (χ0) is 22.0. The maximum atomic E-state index is 12.7.